The Morgan fingerprint density at radius 1 is 0.949 bits per heavy atom. The van der Waals surface area contributed by atoms with Crippen LogP contribution in [0.1, 0.15) is 55.0 Å². The van der Waals surface area contributed by atoms with Crippen molar-refractivity contribution in [1.29, 1.82) is 0 Å². The van der Waals surface area contributed by atoms with Gasteiger partial charge in [0, 0.05) is 30.5 Å². The normalized spacial score (nSPS) is 20.6. The summed E-state index contributed by atoms with van der Waals surface area (Å²) in [7, 11) is 1.67. The minimum atomic E-state index is -0.764. The van der Waals surface area contributed by atoms with Gasteiger partial charge in [0.25, 0.3) is 0 Å². The molecule has 6 nitrogen and oxygen atoms in total. The Kier molecular flexibility index (Phi) is 8.57. The Morgan fingerprint density at radius 3 is 2.38 bits per heavy atom. The lowest BCUT2D eigenvalue weighted by Crippen LogP contribution is -2.46. The average molecular weight is 532 g/mol. The van der Waals surface area contributed by atoms with Gasteiger partial charge >= 0.3 is 0 Å². The topological polar surface area (TPSA) is 60.4 Å². The monoisotopic (exact) mass is 531 g/mol. The molecule has 2 heterocycles. The van der Waals surface area contributed by atoms with Gasteiger partial charge in [0.05, 0.1) is 26.4 Å². The molecular weight excluding hydrogens is 490 g/mol. The highest BCUT2D eigenvalue weighted by Crippen LogP contribution is 2.40. The van der Waals surface area contributed by atoms with Crippen molar-refractivity contribution in [1.82, 2.24) is 4.90 Å². The Hall–Kier alpha value is -2.90. The fourth-order valence-electron chi connectivity index (χ4n) is 5.41. The molecule has 0 bridgehead atoms. The summed E-state index contributed by atoms with van der Waals surface area (Å²) in [5.41, 5.74) is 4.30. The second-order valence-corrected chi connectivity index (χ2v) is 11.5. The molecule has 0 amide bonds. The fourth-order valence-corrected chi connectivity index (χ4v) is 5.41. The van der Waals surface area contributed by atoms with Gasteiger partial charge in [0.2, 0.25) is 0 Å². The highest BCUT2D eigenvalue weighted by molar-refractivity contribution is 5.38. The largest absolute Gasteiger partial charge is 0.497 e. The molecule has 3 aromatic rings. The number of rotatable bonds is 9. The summed E-state index contributed by atoms with van der Waals surface area (Å²) in [6, 6.07) is 24.3. The van der Waals surface area contributed by atoms with E-state index in [0.717, 1.165) is 66.1 Å². The van der Waals surface area contributed by atoms with Crippen LogP contribution in [0, 0.1) is 5.41 Å². The van der Waals surface area contributed by atoms with Gasteiger partial charge in [0.15, 0.2) is 5.79 Å². The molecule has 3 aromatic carbocycles. The number of hydrogen-bond donors (Lipinski definition) is 1. The summed E-state index contributed by atoms with van der Waals surface area (Å²) in [5, 5.41) is 11.1. The highest BCUT2D eigenvalue weighted by Gasteiger charge is 2.42. The standard InChI is InChI=1S/C33H41NO5/c1-32(2)23-38-33(39-24-32,27-10-12-28(36-3)13-11-27)17-7-18-34-19-16-26-20-29(14-15-30(26)31(35)21-34)37-22-25-8-5-4-6-9-25/h4-6,8-15,20,31,35H,7,16-19,21-24H2,1-3H3. The molecule has 2 aliphatic rings. The van der Waals surface area contributed by atoms with Crippen LogP contribution < -0.4 is 9.47 Å². The molecule has 1 saturated heterocycles. The molecule has 2 aliphatic heterocycles. The number of benzene rings is 3. The van der Waals surface area contributed by atoms with Crippen LogP contribution in [-0.2, 0) is 28.3 Å². The van der Waals surface area contributed by atoms with E-state index in [2.05, 4.69) is 36.9 Å². The SMILES string of the molecule is COc1ccc(C2(CCCN3CCc4cc(OCc5ccccc5)ccc4C(O)C3)OCC(C)(C)CO2)cc1. The van der Waals surface area contributed by atoms with Gasteiger partial charge in [-0.15, -0.1) is 0 Å². The van der Waals surface area contributed by atoms with E-state index in [1.165, 1.54) is 0 Å². The van der Waals surface area contributed by atoms with Gasteiger partial charge < -0.3 is 29.0 Å². The summed E-state index contributed by atoms with van der Waals surface area (Å²) >= 11 is 0. The molecule has 5 rings (SSSR count). The zero-order chi connectivity index (χ0) is 27.3. The molecule has 1 atom stereocenters. The maximum Gasteiger partial charge on any atom is 0.194 e. The smallest absolute Gasteiger partial charge is 0.194 e. The minimum absolute atomic E-state index is 0.0136. The van der Waals surface area contributed by atoms with Crippen molar-refractivity contribution in [3.63, 3.8) is 0 Å². The van der Waals surface area contributed by atoms with E-state index >= 15 is 0 Å². The predicted octanol–water partition coefficient (Wildman–Crippen LogP) is 5.87. The summed E-state index contributed by atoms with van der Waals surface area (Å²) in [5.74, 6) is 0.895. The molecule has 39 heavy (non-hydrogen) atoms. The van der Waals surface area contributed by atoms with Crippen LogP contribution in [0.25, 0.3) is 0 Å². The average Bonchev–Trinajstić information content (AvgIpc) is 3.11. The van der Waals surface area contributed by atoms with E-state index in [4.69, 9.17) is 18.9 Å². The van der Waals surface area contributed by atoms with Gasteiger partial charge in [-0.2, -0.15) is 0 Å². The predicted molar refractivity (Wildman–Crippen MR) is 152 cm³/mol. The molecule has 0 aromatic heterocycles. The number of fused-ring (bicyclic) bond motifs is 1. The van der Waals surface area contributed by atoms with Crippen molar-refractivity contribution in [2.24, 2.45) is 5.41 Å². The molecule has 0 radical (unpaired) electrons. The van der Waals surface area contributed by atoms with E-state index in [1.807, 2.05) is 54.6 Å². The second kappa shape index (κ2) is 12.1. The molecule has 1 fully saturated rings. The molecule has 208 valence electrons. The quantitative estimate of drug-likeness (QED) is 0.373. The number of hydrogen-bond acceptors (Lipinski definition) is 6. The van der Waals surface area contributed by atoms with Crippen molar-refractivity contribution in [3.05, 3.63) is 95.1 Å². The second-order valence-electron chi connectivity index (χ2n) is 11.5. The van der Waals surface area contributed by atoms with Crippen LogP contribution >= 0.6 is 0 Å². The summed E-state index contributed by atoms with van der Waals surface area (Å²) in [6.07, 6.45) is 1.98. The third-order valence-electron chi connectivity index (χ3n) is 7.75. The van der Waals surface area contributed by atoms with Crippen molar-refractivity contribution >= 4 is 0 Å². The molecular formula is C33H41NO5. The number of aliphatic hydroxyl groups excluding tert-OH is 1. The number of β-amino-alcohol motifs (C(OH)–C–C–N with tert-alkyl or cyclic N) is 1. The van der Waals surface area contributed by atoms with Crippen molar-refractivity contribution in [2.45, 2.75) is 51.6 Å². The van der Waals surface area contributed by atoms with Gasteiger partial charge in [0.1, 0.15) is 18.1 Å². The van der Waals surface area contributed by atoms with Crippen molar-refractivity contribution in [3.8, 4) is 11.5 Å². The summed E-state index contributed by atoms with van der Waals surface area (Å²) in [6.45, 7) is 8.51. The summed E-state index contributed by atoms with van der Waals surface area (Å²) in [4.78, 5) is 2.35. The Morgan fingerprint density at radius 2 is 1.67 bits per heavy atom. The van der Waals surface area contributed by atoms with E-state index in [1.54, 1.807) is 7.11 Å². The lowest BCUT2D eigenvalue weighted by atomic mass is 9.91. The van der Waals surface area contributed by atoms with Crippen LogP contribution in [0.4, 0.5) is 0 Å². The van der Waals surface area contributed by atoms with E-state index in [-0.39, 0.29) is 5.41 Å². The first-order valence-corrected chi connectivity index (χ1v) is 14.0. The van der Waals surface area contributed by atoms with Gasteiger partial charge in [-0.3, -0.25) is 0 Å². The van der Waals surface area contributed by atoms with Crippen LogP contribution in [0.2, 0.25) is 0 Å². The number of ether oxygens (including phenoxy) is 4. The van der Waals surface area contributed by atoms with Crippen LogP contribution in [0.15, 0.2) is 72.8 Å². The number of aliphatic hydroxyl groups is 1. The first kappa shape index (κ1) is 27.7. The molecule has 6 heteroatoms. The molecule has 0 aliphatic carbocycles. The maximum absolute atomic E-state index is 11.1. The zero-order valence-electron chi connectivity index (χ0n) is 23.4. The molecule has 1 unspecified atom stereocenters. The Labute approximate surface area is 232 Å². The van der Waals surface area contributed by atoms with Gasteiger partial charge in [-0.05, 0) is 72.5 Å². The maximum atomic E-state index is 11.1. The number of methoxy groups -OCH3 is 1. The minimum Gasteiger partial charge on any atom is -0.497 e. The summed E-state index contributed by atoms with van der Waals surface area (Å²) < 4.78 is 24.3. The lowest BCUT2D eigenvalue weighted by Gasteiger charge is -2.44. The highest BCUT2D eigenvalue weighted by atomic mass is 16.7. The first-order valence-electron chi connectivity index (χ1n) is 14.0. The fraction of sp³-hybridized carbons (Fsp3) is 0.455. The van der Waals surface area contributed by atoms with Crippen molar-refractivity contribution < 1.29 is 24.1 Å². The first-order chi connectivity index (χ1) is 18.9. The number of nitrogens with zero attached hydrogens (tertiary/aromatic N) is 1. The van der Waals surface area contributed by atoms with Crippen LogP contribution in [0.5, 0.6) is 11.5 Å². The molecule has 0 saturated carbocycles. The van der Waals surface area contributed by atoms with Gasteiger partial charge in [-0.1, -0.05) is 50.2 Å². The lowest BCUT2D eigenvalue weighted by molar-refractivity contribution is -0.311. The van der Waals surface area contributed by atoms with Crippen LogP contribution in [-0.4, -0.2) is 50.0 Å². The third kappa shape index (κ3) is 6.82. The third-order valence-corrected chi connectivity index (χ3v) is 7.75. The van der Waals surface area contributed by atoms with Gasteiger partial charge in [-0.25, -0.2) is 0 Å². The molecule has 0 spiro atoms. The van der Waals surface area contributed by atoms with Crippen molar-refractivity contribution in [2.75, 3.05) is 40.0 Å². The van der Waals surface area contributed by atoms with E-state index in [9.17, 15) is 5.11 Å². The Balaban J connectivity index is 1.20. The van der Waals surface area contributed by atoms with Crippen LogP contribution in [0.3, 0.4) is 0 Å². The van der Waals surface area contributed by atoms with E-state index in [0.29, 0.717) is 26.4 Å². The molecule has 1 N–H and O–H groups in total. The Bertz CT molecular complexity index is 1200. The van der Waals surface area contributed by atoms with E-state index < -0.39 is 11.9 Å². The zero-order valence-corrected chi connectivity index (χ0v) is 23.4.